The van der Waals surface area contributed by atoms with E-state index < -0.39 is 6.04 Å². The Balaban J connectivity index is 1.70. The van der Waals surface area contributed by atoms with E-state index in [0.717, 1.165) is 23.1 Å². The molecule has 2 heterocycles. The average molecular weight is 417 g/mol. The molecule has 0 saturated carbocycles. The Morgan fingerprint density at radius 1 is 1.06 bits per heavy atom. The van der Waals surface area contributed by atoms with Crippen LogP contribution in [0.25, 0.3) is 11.0 Å². The van der Waals surface area contributed by atoms with Crippen molar-refractivity contribution in [1.82, 2.24) is 19.9 Å². The van der Waals surface area contributed by atoms with Gasteiger partial charge in [0.1, 0.15) is 17.7 Å². The van der Waals surface area contributed by atoms with Gasteiger partial charge < -0.3 is 9.88 Å². The zero-order valence-electron chi connectivity index (χ0n) is 17.5. The number of halogens is 1. The van der Waals surface area contributed by atoms with Gasteiger partial charge in [-0.2, -0.15) is 0 Å². The van der Waals surface area contributed by atoms with Crippen LogP contribution < -0.4 is 5.32 Å². The van der Waals surface area contributed by atoms with Crippen molar-refractivity contribution in [3.05, 3.63) is 95.8 Å². The number of hydrogen-bond donors (Lipinski definition) is 1. The number of rotatable bonds is 8. The van der Waals surface area contributed by atoms with Crippen LogP contribution in [0.5, 0.6) is 0 Å². The fraction of sp³-hybridized carbons (Fsp3) is 0.240. The summed E-state index contributed by atoms with van der Waals surface area (Å²) in [5, 5.41) is 3.02. The van der Waals surface area contributed by atoms with Gasteiger partial charge in [0.2, 0.25) is 5.91 Å². The zero-order chi connectivity index (χ0) is 21.6. The summed E-state index contributed by atoms with van der Waals surface area (Å²) < 4.78 is 16.3. The Labute approximate surface area is 181 Å². The molecular weight excluding hydrogens is 391 g/mol. The number of fused-ring (bicyclic) bond motifs is 1. The van der Waals surface area contributed by atoms with Gasteiger partial charge in [-0.15, -0.1) is 0 Å². The number of carbonyl (C=O) groups is 1. The van der Waals surface area contributed by atoms with E-state index in [-0.39, 0.29) is 11.7 Å². The van der Waals surface area contributed by atoms with Gasteiger partial charge in [0.15, 0.2) is 0 Å². The van der Waals surface area contributed by atoms with Gasteiger partial charge in [0.05, 0.1) is 23.3 Å². The first-order valence-corrected chi connectivity index (χ1v) is 10.5. The molecule has 0 aliphatic heterocycles. The topological polar surface area (TPSA) is 59.8 Å². The van der Waals surface area contributed by atoms with Crippen LogP contribution in [0, 0.1) is 5.82 Å². The summed E-state index contributed by atoms with van der Waals surface area (Å²) in [6.45, 7) is 2.41. The first-order valence-electron chi connectivity index (χ1n) is 10.5. The summed E-state index contributed by atoms with van der Waals surface area (Å²) in [6.07, 6.45) is 3.50. The van der Waals surface area contributed by atoms with Crippen molar-refractivity contribution in [3.63, 3.8) is 0 Å². The number of carbonyl (C=O) groups excluding carboxylic acids is 1. The second-order valence-corrected chi connectivity index (χ2v) is 7.50. The molecule has 31 heavy (non-hydrogen) atoms. The number of hydrogen-bond acceptors (Lipinski definition) is 3. The third kappa shape index (κ3) is 4.63. The van der Waals surface area contributed by atoms with E-state index in [1.165, 1.54) is 6.07 Å². The predicted octanol–water partition coefficient (Wildman–Crippen LogP) is 4.82. The van der Waals surface area contributed by atoms with Crippen LogP contribution in [0.4, 0.5) is 4.39 Å². The molecule has 1 amide bonds. The van der Waals surface area contributed by atoms with Crippen LogP contribution in [-0.2, 0) is 17.8 Å². The molecule has 1 unspecified atom stereocenters. The molecule has 0 spiro atoms. The van der Waals surface area contributed by atoms with Gasteiger partial charge in [-0.25, -0.2) is 9.37 Å². The fourth-order valence-corrected chi connectivity index (χ4v) is 3.83. The van der Waals surface area contributed by atoms with E-state index in [0.29, 0.717) is 30.8 Å². The normalized spacial score (nSPS) is 12.1. The Bertz CT molecular complexity index is 1170. The van der Waals surface area contributed by atoms with Crippen LogP contribution in [0.1, 0.15) is 42.9 Å². The molecule has 6 heteroatoms. The lowest BCUT2D eigenvalue weighted by molar-refractivity contribution is -0.124. The molecular formula is C25H25FN4O. The van der Waals surface area contributed by atoms with Crippen LogP contribution in [0.3, 0.4) is 0 Å². The molecule has 0 saturated heterocycles. The number of para-hydroxylation sites is 2. The maximum Gasteiger partial charge on any atom is 0.243 e. The lowest BCUT2D eigenvalue weighted by Gasteiger charge is -2.21. The maximum absolute atomic E-state index is 14.4. The van der Waals surface area contributed by atoms with Crippen molar-refractivity contribution in [3.8, 4) is 0 Å². The molecule has 4 aromatic rings. The lowest BCUT2D eigenvalue weighted by atomic mass is 10.1. The number of aromatic nitrogens is 3. The number of nitrogens with zero attached hydrogens (tertiary/aromatic N) is 3. The Kier molecular flexibility index (Phi) is 6.36. The smallest absolute Gasteiger partial charge is 0.243 e. The molecule has 4 rings (SSSR count). The highest BCUT2D eigenvalue weighted by atomic mass is 19.1. The molecule has 0 aliphatic carbocycles. The minimum atomic E-state index is -0.442. The van der Waals surface area contributed by atoms with E-state index in [2.05, 4.69) is 17.2 Å². The van der Waals surface area contributed by atoms with E-state index >= 15 is 0 Å². The summed E-state index contributed by atoms with van der Waals surface area (Å²) in [5.41, 5.74) is 3.03. The number of nitrogens with one attached hydrogen (secondary N) is 1. The van der Waals surface area contributed by atoms with Crippen molar-refractivity contribution >= 4 is 16.9 Å². The quantitative estimate of drug-likeness (QED) is 0.448. The molecule has 0 fully saturated rings. The SMILES string of the molecule is CCCC(C(=O)NCc1ccccn1)n1c(Cc2ccccc2F)nc2ccccc21. The van der Waals surface area contributed by atoms with Crippen LogP contribution in [0.15, 0.2) is 72.9 Å². The second-order valence-electron chi connectivity index (χ2n) is 7.50. The third-order valence-corrected chi connectivity index (χ3v) is 5.32. The summed E-state index contributed by atoms with van der Waals surface area (Å²) in [4.78, 5) is 22.3. The van der Waals surface area contributed by atoms with Gasteiger partial charge in [0, 0.05) is 12.6 Å². The number of benzene rings is 2. The van der Waals surface area contributed by atoms with Crippen molar-refractivity contribution in [2.45, 2.75) is 38.8 Å². The van der Waals surface area contributed by atoms with E-state index in [4.69, 9.17) is 4.98 Å². The number of pyridine rings is 1. The molecule has 5 nitrogen and oxygen atoms in total. The highest BCUT2D eigenvalue weighted by molar-refractivity contribution is 5.84. The maximum atomic E-state index is 14.4. The van der Waals surface area contributed by atoms with Gasteiger partial charge in [-0.3, -0.25) is 9.78 Å². The average Bonchev–Trinajstić information content (AvgIpc) is 3.15. The second kappa shape index (κ2) is 9.51. The van der Waals surface area contributed by atoms with Crippen molar-refractivity contribution in [2.24, 2.45) is 0 Å². The summed E-state index contributed by atoms with van der Waals surface area (Å²) >= 11 is 0. The minimum Gasteiger partial charge on any atom is -0.349 e. The molecule has 0 aliphatic rings. The van der Waals surface area contributed by atoms with Crippen LogP contribution in [-0.4, -0.2) is 20.4 Å². The third-order valence-electron chi connectivity index (χ3n) is 5.32. The monoisotopic (exact) mass is 416 g/mol. The zero-order valence-corrected chi connectivity index (χ0v) is 17.5. The first-order chi connectivity index (χ1) is 15.2. The molecule has 2 aromatic heterocycles. The van der Waals surface area contributed by atoms with Gasteiger partial charge in [-0.05, 0) is 42.3 Å². The standard InChI is InChI=1S/C25H25FN4O/c1-2-9-23(25(31)28-17-19-11-7-8-15-27-19)30-22-14-6-5-13-21(22)29-24(30)16-18-10-3-4-12-20(18)26/h3-8,10-15,23H,2,9,16-17H2,1H3,(H,28,31). The Hall–Kier alpha value is -3.54. The van der Waals surface area contributed by atoms with Crippen molar-refractivity contribution < 1.29 is 9.18 Å². The number of imidazole rings is 1. The molecule has 2 aromatic carbocycles. The molecule has 0 radical (unpaired) electrons. The van der Waals surface area contributed by atoms with Gasteiger partial charge in [0.25, 0.3) is 0 Å². The Morgan fingerprint density at radius 3 is 2.61 bits per heavy atom. The summed E-state index contributed by atoms with van der Waals surface area (Å²) in [7, 11) is 0. The minimum absolute atomic E-state index is 0.0922. The van der Waals surface area contributed by atoms with E-state index in [1.807, 2.05) is 53.1 Å². The summed E-state index contributed by atoms with van der Waals surface area (Å²) in [6, 6.07) is 19.6. The molecule has 158 valence electrons. The largest absolute Gasteiger partial charge is 0.349 e. The van der Waals surface area contributed by atoms with E-state index in [1.54, 1.807) is 18.3 Å². The Morgan fingerprint density at radius 2 is 1.84 bits per heavy atom. The van der Waals surface area contributed by atoms with Crippen molar-refractivity contribution in [2.75, 3.05) is 0 Å². The summed E-state index contributed by atoms with van der Waals surface area (Å²) in [5.74, 6) is 0.316. The predicted molar refractivity (Wildman–Crippen MR) is 119 cm³/mol. The first kappa shape index (κ1) is 20.7. The van der Waals surface area contributed by atoms with E-state index in [9.17, 15) is 9.18 Å². The highest BCUT2D eigenvalue weighted by Crippen LogP contribution is 2.27. The number of amides is 1. The highest BCUT2D eigenvalue weighted by Gasteiger charge is 2.25. The molecule has 1 atom stereocenters. The molecule has 0 bridgehead atoms. The van der Waals surface area contributed by atoms with Gasteiger partial charge >= 0.3 is 0 Å². The van der Waals surface area contributed by atoms with Gasteiger partial charge in [-0.1, -0.05) is 49.7 Å². The van der Waals surface area contributed by atoms with Crippen LogP contribution >= 0.6 is 0 Å². The molecule has 1 N–H and O–H groups in total. The van der Waals surface area contributed by atoms with Crippen LogP contribution in [0.2, 0.25) is 0 Å². The van der Waals surface area contributed by atoms with Crippen molar-refractivity contribution in [1.29, 1.82) is 0 Å². The lowest BCUT2D eigenvalue weighted by Crippen LogP contribution is -2.33. The fourth-order valence-electron chi connectivity index (χ4n) is 3.83.